The number of aryl methyl sites for hydroxylation is 3. The zero-order chi connectivity index (χ0) is 27.2. The minimum Gasteiger partial charge on any atom is -0.237 e. The quantitative estimate of drug-likeness (QED) is 0.241. The molecule has 3 aromatic carbocycles. The van der Waals surface area contributed by atoms with Gasteiger partial charge in [0.1, 0.15) is 5.82 Å². The average Bonchev–Trinajstić information content (AvgIpc) is 2.99. The van der Waals surface area contributed by atoms with E-state index < -0.39 is 0 Å². The fourth-order valence-corrected chi connectivity index (χ4v) is 6.90. The van der Waals surface area contributed by atoms with Gasteiger partial charge in [-0.1, -0.05) is 73.7 Å². The minimum atomic E-state index is -0.0243. The number of aromatic nitrogens is 4. The van der Waals surface area contributed by atoms with Gasteiger partial charge in [0.2, 0.25) is 0 Å². The van der Waals surface area contributed by atoms with Gasteiger partial charge in [-0.05, 0) is 95.8 Å². The van der Waals surface area contributed by atoms with E-state index in [0.717, 1.165) is 47.7 Å². The van der Waals surface area contributed by atoms with Crippen molar-refractivity contribution in [3.8, 4) is 22.4 Å². The Labute approximate surface area is 235 Å². The highest BCUT2D eigenvalue weighted by Crippen LogP contribution is 2.51. The van der Waals surface area contributed by atoms with Crippen molar-refractivity contribution >= 4 is 5.57 Å². The first kappa shape index (κ1) is 24.6. The number of hydrogen-bond donors (Lipinski definition) is 0. The predicted octanol–water partition coefficient (Wildman–Crippen LogP) is 8.04. The number of nitrogens with zero attached hydrogens (tertiary/aromatic N) is 4. The summed E-state index contributed by atoms with van der Waals surface area (Å²) < 4.78 is 0. The second-order valence-corrected chi connectivity index (χ2v) is 11.0. The van der Waals surface area contributed by atoms with Crippen LogP contribution in [0.5, 0.6) is 0 Å². The summed E-state index contributed by atoms with van der Waals surface area (Å²) in [5.74, 6) is 1.11. The van der Waals surface area contributed by atoms with Crippen LogP contribution in [-0.2, 0) is 12.8 Å². The Bertz CT molecular complexity index is 1750. The number of rotatable bonds is 4. The van der Waals surface area contributed by atoms with Gasteiger partial charge in [-0.3, -0.25) is 0 Å². The highest BCUT2D eigenvalue weighted by atomic mass is 15.1. The first-order valence-electron chi connectivity index (χ1n) is 14.3. The lowest BCUT2D eigenvalue weighted by molar-refractivity contribution is 0.737. The molecule has 2 aliphatic carbocycles. The summed E-state index contributed by atoms with van der Waals surface area (Å²) in [6.07, 6.45) is 7.28. The summed E-state index contributed by atoms with van der Waals surface area (Å²) in [6, 6.07) is 28.3. The first-order valence-corrected chi connectivity index (χ1v) is 14.3. The van der Waals surface area contributed by atoms with Crippen LogP contribution in [0.25, 0.3) is 28.0 Å². The second kappa shape index (κ2) is 9.95. The van der Waals surface area contributed by atoms with Gasteiger partial charge >= 0.3 is 0 Å². The van der Waals surface area contributed by atoms with Gasteiger partial charge in [-0.25, -0.2) is 9.97 Å². The summed E-state index contributed by atoms with van der Waals surface area (Å²) in [5, 5.41) is 8.69. The molecule has 7 rings (SSSR count). The highest BCUT2D eigenvalue weighted by molar-refractivity contribution is 5.87. The zero-order valence-corrected chi connectivity index (χ0v) is 23.2. The van der Waals surface area contributed by atoms with Crippen LogP contribution >= 0.6 is 0 Å². The molecule has 0 amide bonds. The Morgan fingerprint density at radius 3 is 2.25 bits per heavy atom. The van der Waals surface area contributed by atoms with Crippen molar-refractivity contribution in [1.82, 2.24) is 20.2 Å². The van der Waals surface area contributed by atoms with Gasteiger partial charge in [0.25, 0.3) is 0 Å². The van der Waals surface area contributed by atoms with Crippen LogP contribution < -0.4 is 0 Å². The van der Waals surface area contributed by atoms with Crippen LogP contribution in [-0.4, -0.2) is 20.2 Å². The molecule has 2 atom stereocenters. The van der Waals surface area contributed by atoms with Crippen molar-refractivity contribution in [2.45, 2.75) is 51.9 Å². The molecule has 0 saturated heterocycles. The predicted molar refractivity (Wildman–Crippen MR) is 161 cm³/mol. The molecule has 5 aromatic rings. The maximum Gasteiger partial charge on any atom is 0.140 e. The van der Waals surface area contributed by atoms with Crippen LogP contribution in [0.4, 0.5) is 0 Å². The Balaban J connectivity index is 1.51. The molecular formula is C36H32N4. The van der Waals surface area contributed by atoms with Crippen LogP contribution in [0, 0.1) is 13.8 Å². The van der Waals surface area contributed by atoms with E-state index in [0.29, 0.717) is 0 Å². The molecule has 4 nitrogen and oxygen atoms in total. The lowest BCUT2D eigenvalue weighted by Crippen LogP contribution is -2.21. The highest BCUT2D eigenvalue weighted by Gasteiger charge is 2.35. The fourth-order valence-electron chi connectivity index (χ4n) is 6.90. The molecule has 0 aliphatic heterocycles. The molecule has 0 saturated carbocycles. The molecule has 196 valence electrons. The monoisotopic (exact) mass is 520 g/mol. The van der Waals surface area contributed by atoms with Gasteiger partial charge in [0.15, 0.2) is 0 Å². The number of hydrogen-bond acceptors (Lipinski definition) is 4. The van der Waals surface area contributed by atoms with Gasteiger partial charge in [0, 0.05) is 29.1 Å². The van der Waals surface area contributed by atoms with Crippen LogP contribution in [0.2, 0.25) is 0 Å². The van der Waals surface area contributed by atoms with Crippen molar-refractivity contribution in [3.63, 3.8) is 0 Å². The lowest BCUT2D eigenvalue weighted by Gasteiger charge is -2.36. The van der Waals surface area contributed by atoms with E-state index in [1.807, 2.05) is 12.1 Å². The van der Waals surface area contributed by atoms with E-state index in [2.05, 4.69) is 104 Å². The topological polar surface area (TPSA) is 51.6 Å². The van der Waals surface area contributed by atoms with Crippen LogP contribution in [0.3, 0.4) is 0 Å². The Morgan fingerprint density at radius 2 is 1.50 bits per heavy atom. The van der Waals surface area contributed by atoms with Gasteiger partial charge in [-0.2, -0.15) is 10.2 Å². The van der Waals surface area contributed by atoms with Crippen molar-refractivity contribution in [3.05, 3.63) is 136 Å². The average molecular weight is 521 g/mol. The van der Waals surface area contributed by atoms with Gasteiger partial charge in [0.05, 0.1) is 11.6 Å². The number of benzene rings is 3. The van der Waals surface area contributed by atoms with E-state index in [9.17, 15) is 0 Å². The third-order valence-electron chi connectivity index (χ3n) is 8.52. The molecular weight excluding hydrogens is 488 g/mol. The summed E-state index contributed by atoms with van der Waals surface area (Å²) in [7, 11) is 0. The Morgan fingerprint density at radius 1 is 0.750 bits per heavy atom. The van der Waals surface area contributed by atoms with Crippen LogP contribution in [0.1, 0.15) is 70.2 Å². The third kappa shape index (κ3) is 4.06. The molecule has 4 heteroatoms. The number of allylic oxidation sites excluding steroid dienone is 2. The van der Waals surface area contributed by atoms with Crippen molar-refractivity contribution in [2.75, 3.05) is 0 Å². The van der Waals surface area contributed by atoms with Gasteiger partial charge in [-0.15, -0.1) is 0 Å². The molecule has 0 spiro atoms. The summed E-state index contributed by atoms with van der Waals surface area (Å²) in [4.78, 5) is 9.97. The number of fused-ring (bicyclic) bond motifs is 5. The second-order valence-electron chi connectivity index (χ2n) is 11.0. The first-order chi connectivity index (χ1) is 19.6. The van der Waals surface area contributed by atoms with Crippen molar-refractivity contribution in [1.29, 1.82) is 0 Å². The van der Waals surface area contributed by atoms with E-state index in [1.165, 1.54) is 44.5 Å². The third-order valence-corrected chi connectivity index (χ3v) is 8.52. The Kier molecular flexibility index (Phi) is 6.11. The largest absolute Gasteiger partial charge is 0.237 e. The molecule has 2 unspecified atom stereocenters. The van der Waals surface area contributed by atoms with Crippen molar-refractivity contribution in [2.24, 2.45) is 0 Å². The summed E-state index contributed by atoms with van der Waals surface area (Å²) in [6.45, 7) is 6.44. The normalized spacial score (nSPS) is 17.4. The zero-order valence-electron chi connectivity index (χ0n) is 23.2. The summed E-state index contributed by atoms with van der Waals surface area (Å²) >= 11 is 0. The molecule has 0 fully saturated rings. The summed E-state index contributed by atoms with van der Waals surface area (Å²) in [5.41, 5.74) is 15.0. The molecule has 0 bridgehead atoms. The maximum absolute atomic E-state index is 4.99. The van der Waals surface area contributed by atoms with Crippen LogP contribution in [0.15, 0.2) is 91.1 Å². The standard InChI is InChI=1S/C36H32N4/c1-4-25-32(27-12-7-8-13-29(27)34-14-9-19-37-40-34)21-33(36-38-22(2)20-23(3)39-36)31-18-17-28-26-11-6-5-10-24(26)15-16-30(28)35(25)31/h5-14,17-21,25,33H,4,15-16H2,1-3H3. The SMILES string of the molecule is CCC1C(c2ccccc2-c2cccnn2)=CC(c2nc(C)cc(C)n2)c2ccc3c(c21)CCc1ccccc1-3. The van der Waals surface area contributed by atoms with E-state index in [-0.39, 0.29) is 11.8 Å². The lowest BCUT2D eigenvalue weighted by atomic mass is 9.68. The molecule has 2 aromatic heterocycles. The molecule has 2 heterocycles. The smallest absolute Gasteiger partial charge is 0.140 e. The van der Waals surface area contributed by atoms with E-state index in [4.69, 9.17) is 9.97 Å². The maximum atomic E-state index is 4.99. The molecule has 2 aliphatic rings. The minimum absolute atomic E-state index is 0.0243. The van der Waals surface area contributed by atoms with E-state index in [1.54, 1.807) is 6.20 Å². The van der Waals surface area contributed by atoms with Crippen molar-refractivity contribution < 1.29 is 0 Å². The molecule has 0 radical (unpaired) electrons. The van der Waals surface area contributed by atoms with Gasteiger partial charge < -0.3 is 0 Å². The fraction of sp³-hybridized carbons (Fsp3) is 0.222. The Hall–Kier alpha value is -4.44. The molecule has 40 heavy (non-hydrogen) atoms. The van der Waals surface area contributed by atoms with E-state index >= 15 is 0 Å². The molecule has 0 N–H and O–H groups in total.